The Hall–Kier alpha value is -4.00. The summed E-state index contributed by atoms with van der Waals surface area (Å²) in [5.41, 5.74) is 1.31. The van der Waals surface area contributed by atoms with Gasteiger partial charge in [0, 0.05) is 18.6 Å². The number of aryl methyl sites for hydroxylation is 1. The Morgan fingerprint density at radius 1 is 0.935 bits per heavy atom. The van der Waals surface area contributed by atoms with Crippen LogP contribution in [0.15, 0.2) is 66.7 Å². The standard InChI is InChI=1S/C24H20O7/c25-16-9-6-14(7-10-16)8-11-20(28)31-24-22(29)21-18(27)12-17(26)13-19(21)30-23(24)15-4-2-1-3-5-15/h1-7,9-10,12-13,23-27H,8,11H2/t23-,24+/m1/s1. The van der Waals surface area contributed by atoms with E-state index in [4.69, 9.17) is 9.47 Å². The summed E-state index contributed by atoms with van der Waals surface area (Å²) in [4.78, 5) is 25.7. The number of hydrogen-bond acceptors (Lipinski definition) is 7. The zero-order valence-electron chi connectivity index (χ0n) is 16.4. The van der Waals surface area contributed by atoms with Crippen LogP contribution in [-0.2, 0) is 16.0 Å². The molecule has 1 aliphatic heterocycles. The number of Topliss-reactive ketones (excluding diaryl/α,β-unsaturated/α-hetero) is 1. The van der Waals surface area contributed by atoms with Crippen LogP contribution in [0.1, 0.15) is 34.0 Å². The smallest absolute Gasteiger partial charge is 0.307 e. The number of phenolic OH excluding ortho intramolecular Hbond substituents is 3. The SMILES string of the molecule is O=C(CCc1ccc(O)cc1)O[C@H]1C(=O)c2c(O)cc(O)cc2O[C@@H]1c1ccccc1. The van der Waals surface area contributed by atoms with Crippen molar-refractivity contribution in [1.29, 1.82) is 0 Å². The van der Waals surface area contributed by atoms with E-state index >= 15 is 0 Å². The molecule has 4 rings (SSSR count). The first-order valence-electron chi connectivity index (χ1n) is 9.71. The number of carbonyl (C=O) groups is 2. The number of phenols is 3. The lowest BCUT2D eigenvalue weighted by Gasteiger charge is -2.32. The summed E-state index contributed by atoms with van der Waals surface area (Å²) < 4.78 is 11.4. The lowest BCUT2D eigenvalue weighted by molar-refractivity contribution is -0.151. The molecule has 0 aromatic heterocycles. The largest absolute Gasteiger partial charge is 0.508 e. The average Bonchev–Trinajstić information content (AvgIpc) is 2.75. The Bertz CT molecular complexity index is 1110. The maximum Gasteiger partial charge on any atom is 0.307 e. The second-order valence-corrected chi connectivity index (χ2v) is 7.23. The fourth-order valence-electron chi connectivity index (χ4n) is 3.52. The number of rotatable bonds is 5. The average molecular weight is 420 g/mol. The molecule has 7 nitrogen and oxygen atoms in total. The van der Waals surface area contributed by atoms with Crippen molar-refractivity contribution in [2.24, 2.45) is 0 Å². The first-order valence-corrected chi connectivity index (χ1v) is 9.71. The van der Waals surface area contributed by atoms with E-state index < -0.39 is 29.7 Å². The van der Waals surface area contributed by atoms with Gasteiger partial charge in [0.1, 0.15) is 28.6 Å². The zero-order valence-corrected chi connectivity index (χ0v) is 16.4. The maximum absolute atomic E-state index is 13.2. The first-order chi connectivity index (χ1) is 14.9. The summed E-state index contributed by atoms with van der Waals surface area (Å²) in [7, 11) is 0. The van der Waals surface area contributed by atoms with Crippen LogP contribution in [0.4, 0.5) is 0 Å². The van der Waals surface area contributed by atoms with Crippen LogP contribution >= 0.6 is 0 Å². The molecule has 31 heavy (non-hydrogen) atoms. The number of ketones is 1. The van der Waals surface area contributed by atoms with E-state index in [0.717, 1.165) is 11.6 Å². The Morgan fingerprint density at radius 2 is 1.65 bits per heavy atom. The summed E-state index contributed by atoms with van der Waals surface area (Å²) in [6.07, 6.45) is -1.84. The normalized spacial score (nSPS) is 17.5. The number of ether oxygens (including phenoxy) is 2. The predicted octanol–water partition coefficient (Wildman–Crippen LogP) is 3.66. The summed E-state index contributed by atoms with van der Waals surface area (Å²) in [5.74, 6) is -1.75. The highest BCUT2D eigenvalue weighted by atomic mass is 16.6. The second kappa shape index (κ2) is 8.39. The van der Waals surface area contributed by atoms with Crippen molar-refractivity contribution in [3.63, 3.8) is 0 Å². The molecular formula is C24H20O7. The van der Waals surface area contributed by atoms with Crippen LogP contribution in [0.3, 0.4) is 0 Å². The molecule has 3 N–H and O–H groups in total. The molecule has 0 aliphatic carbocycles. The van der Waals surface area contributed by atoms with Gasteiger partial charge in [0.25, 0.3) is 0 Å². The minimum atomic E-state index is -1.29. The predicted molar refractivity (Wildman–Crippen MR) is 110 cm³/mol. The first kappa shape index (κ1) is 20.3. The van der Waals surface area contributed by atoms with E-state index in [1.54, 1.807) is 42.5 Å². The van der Waals surface area contributed by atoms with Gasteiger partial charge >= 0.3 is 5.97 Å². The van der Waals surface area contributed by atoms with E-state index in [1.165, 1.54) is 18.2 Å². The Morgan fingerprint density at radius 3 is 2.35 bits per heavy atom. The molecule has 158 valence electrons. The Labute approximate surface area is 178 Å². The van der Waals surface area contributed by atoms with Crippen molar-refractivity contribution in [2.75, 3.05) is 0 Å². The maximum atomic E-state index is 13.2. The number of carbonyl (C=O) groups excluding carboxylic acids is 2. The molecule has 3 aromatic carbocycles. The van der Waals surface area contributed by atoms with Gasteiger partial charge in [-0.05, 0) is 29.7 Å². The van der Waals surface area contributed by atoms with Gasteiger partial charge in [0.05, 0.1) is 0 Å². The van der Waals surface area contributed by atoms with Crippen molar-refractivity contribution < 1.29 is 34.4 Å². The Balaban J connectivity index is 1.58. The highest BCUT2D eigenvalue weighted by molar-refractivity contribution is 6.06. The van der Waals surface area contributed by atoms with Crippen LogP contribution in [-0.4, -0.2) is 33.2 Å². The van der Waals surface area contributed by atoms with Gasteiger partial charge in [-0.3, -0.25) is 9.59 Å². The molecule has 0 saturated carbocycles. The van der Waals surface area contributed by atoms with Crippen LogP contribution in [0, 0.1) is 0 Å². The fraction of sp³-hybridized carbons (Fsp3) is 0.167. The van der Waals surface area contributed by atoms with Gasteiger partial charge in [-0.1, -0.05) is 42.5 Å². The van der Waals surface area contributed by atoms with Gasteiger partial charge < -0.3 is 24.8 Å². The topological polar surface area (TPSA) is 113 Å². The summed E-state index contributed by atoms with van der Waals surface area (Å²) in [6.45, 7) is 0. The van der Waals surface area contributed by atoms with Crippen LogP contribution in [0.25, 0.3) is 0 Å². The zero-order chi connectivity index (χ0) is 22.0. The molecular weight excluding hydrogens is 400 g/mol. The monoisotopic (exact) mass is 420 g/mol. The third kappa shape index (κ3) is 4.30. The molecule has 0 saturated heterocycles. The van der Waals surface area contributed by atoms with Gasteiger partial charge in [-0.25, -0.2) is 0 Å². The van der Waals surface area contributed by atoms with Crippen LogP contribution in [0.2, 0.25) is 0 Å². The van der Waals surface area contributed by atoms with Crippen molar-refractivity contribution in [3.05, 3.63) is 83.4 Å². The van der Waals surface area contributed by atoms with Crippen molar-refractivity contribution in [3.8, 4) is 23.0 Å². The lowest BCUT2D eigenvalue weighted by atomic mass is 9.92. The number of benzene rings is 3. The van der Waals surface area contributed by atoms with Gasteiger partial charge in [-0.15, -0.1) is 0 Å². The Kier molecular flexibility index (Phi) is 5.49. The molecule has 0 fully saturated rings. The summed E-state index contributed by atoms with van der Waals surface area (Å²) in [5, 5.41) is 29.3. The number of hydrogen-bond donors (Lipinski definition) is 3. The van der Waals surface area contributed by atoms with Crippen molar-refractivity contribution in [2.45, 2.75) is 25.0 Å². The van der Waals surface area contributed by atoms with E-state index in [1.807, 2.05) is 0 Å². The van der Waals surface area contributed by atoms with Gasteiger partial charge in [0.2, 0.25) is 11.9 Å². The molecule has 1 aliphatic rings. The summed E-state index contributed by atoms with van der Waals surface area (Å²) >= 11 is 0. The summed E-state index contributed by atoms with van der Waals surface area (Å²) in [6, 6.07) is 17.5. The van der Waals surface area contributed by atoms with Gasteiger partial charge in [0.15, 0.2) is 6.10 Å². The minimum absolute atomic E-state index is 0.0183. The molecule has 3 aromatic rings. The number of fused-ring (bicyclic) bond motifs is 1. The van der Waals surface area contributed by atoms with E-state index in [2.05, 4.69) is 0 Å². The van der Waals surface area contributed by atoms with Crippen molar-refractivity contribution in [1.82, 2.24) is 0 Å². The molecule has 0 amide bonds. The molecule has 2 atom stereocenters. The highest BCUT2D eigenvalue weighted by Gasteiger charge is 2.42. The molecule has 7 heteroatoms. The molecule has 0 bridgehead atoms. The highest BCUT2D eigenvalue weighted by Crippen LogP contribution is 2.42. The van der Waals surface area contributed by atoms with E-state index in [9.17, 15) is 24.9 Å². The molecule has 0 spiro atoms. The van der Waals surface area contributed by atoms with Gasteiger partial charge in [-0.2, -0.15) is 0 Å². The lowest BCUT2D eigenvalue weighted by Crippen LogP contribution is -2.40. The quantitative estimate of drug-likeness (QED) is 0.540. The van der Waals surface area contributed by atoms with Crippen LogP contribution < -0.4 is 4.74 Å². The number of esters is 1. The van der Waals surface area contributed by atoms with Crippen LogP contribution in [0.5, 0.6) is 23.0 Å². The molecule has 0 radical (unpaired) electrons. The third-order valence-electron chi connectivity index (χ3n) is 5.04. The number of aromatic hydroxyl groups is 3. The second-order valence-electron chi connectivity index (χ2n) is 7.23. The van der Waals surface area contributed by atoms with Crippen molar-refractivity contribution >= 4 is 11.8 Å². The fourth-order valence-corrected chi connectivity index (χ4v) is 3.52. The third-order valence-corrected chi connectivity index (χ3v) is 5.04. The molecule has 0 unspecified atom stereocenters. The minimum Gasteiger partial charge on any atom is -0.508 e. The van der Waals surface area contributed by atoms with E-state index in [0.29, 0.717) is 12.0 Å². The van der Waals surface area contributed by atoms with E-state index in [-0.39, 0.29) is 29.2 Å². The molecule has 1 heterocycles.